The predicted molar refractivity (Wildman–Crippen MR) is 66.4 cm³/mol. The van der Waals surface area contributed by atoms with Gasteiger partial charge in [0.15, 0.2) is 0 Å². The van der Waals surface area contributed by atoms with E-state index >= 15 is 0 Å². The van der Waals surface area contributed by atoms with E-state index in [1.165, 1.54) is 12.1 Å². The van der Waals surface area contributed by atoms with Crippen molar-refractivity contribution in [2.75, 3.05) is 6.61 Å². The van der Waals surface area contributed by atoms with Crippen LogP contribution in [0, 0.1) is 5.82 Å². The fourth-order valence-corrected chi connectivity index (χ4v) is 1.91. The number of hydrogen-bond donors (Lipinski definition) is 0. The first-order valence-electron chi connectivity index (χ1n) is 5.29. The lowest BCUT2D eigenvalue weighted by atomic mass is 10.3. The zero-order valence-corrected chi connectivity index (χ0v) is 10.7. The highest BCUT2D eigenvalue weighted by Gasteiger charge is 2.00. The summed E-state index contributed by atoms with van der Waals surface area (Å²) in [6.07, 6.45) is 6.26. The van der Waals surface area contributed by atoms with Gasteiger partial charge in [-0.1, -0.05) is 15.9 Å². The lowest BCUT2D eigenvalue weighted by molar-refractivity contribution is 0.300. The van der Waals surface area contributed by atoms with Crippen LogP contribution in [0.2, 0.25) is 0 Å². The molecule has 0 bridgehead atoms. The summed E-state index contributed by atoms with van der Waals surface area (Å²) in [5.74, 6) is 0.242. The van der Waals surface area contributed by atoms with E-state index in [1.807, 2.05) is 10.8 Å². The van der Waals surface area contributed by atoms with E-state index in [-0.39, 0.29) is 5.82 Å². The summed E-state index contributed by atoms with van der Waals surface area (Å²) in [4.78, 5) is 3.95. The first-order valence-corrected chi connectivity index (χ1v) is 6.08. The molecule has 1 aromatic carbocycles. The van der Waals surface area contributed by atoms with E-state index in [9.17, 15) is 4.39 Å². The first kappa shape index (κ1) is 12.1. The van der Waals surface area contributed by atoms with Crippen molar-refractivity contribution in [3.05, 3.63) is 47.2 Å². The first-order chi connectivity index (χ1) is 8.24. The van der Waals surface area contributed by atoms with Crippen molar-refractivity contribution in [3.63, 3.8) is 0 Å². The van der Waals surface area contributed by atoms with E-state index in [0.717, 1.165) is 13.0 Å². The van der Waals surface area contributed by atoms with Crippen molar-refractivity contribution in [3.8, 4) is 5.75 Å². The lowest BCUT2D eigenvalue weighted by Crippen LogP contribution is -2.03. The average molecular weight is 299 g/mol. The van der Waals surface area contributed by atoms with Crippen LogP contribution in [0.1, 0.15) is 6.42 Å². The summed E-state index contributed by atoms with van der Waals surface area (Å²) in [5, 5.41) is 0. The third-order valence-electron chi connectivity index (χ3n) is 2.22. The third-order valence-corrected chi connectivity index (χ3v) is 2.68. The normalized spacial score (nSPS) is 10.5. The highest BCUT2D eigenvalue weighted by atomic mass is 79.9. The number of nitrogens with zero attached hydrogens (tertiary/aromatic N) is 2. The molecule has 0 atom stereocenters. The molecule has 90 valence electrons. The fraction of sp³-hybridized carbons (Fsp3) is 0.250. The minimum atomic E-state index is -0.302. The standard InChI is InChI=1S/C12H12BrFN2O/c13-10-6-11(14)8-12(7-10)17-5-1-3-16-4-2-15-9-16/h2,4,6-9H,1,3,5H2. The van der Waals surface area contributed by atoms with E-state index in [0.29, 0.717) is 16.8 Å². The lowest BCUT2D eigenvalue weighted by Gasteiger charge is -2.07. The Balaban J connectivity index is 1.78. The molecule has 0 N–H and O–H groups in total. The highest BCUT2D eigenvalue weighted by Crippen LogP contribution is 2.20. The summed E-state index contributed by atoms with van der Waals surface area (Å²) < 4.78 is 21.2. The number of ether oxygens (including phenoxy) is 1. The van der Waals surface area contributed by atoms with Gasteiger partial charge < -0.3 is 9.30 Å². The molecule has 0 fully saturated rings. The number of halogens is 2. The second kappa shape index (κ2) is 5.82. The number of aryl methyl sites for hydroxylation is 1. The SMILES string of the molecule is Fc1cc(Br)cc(OCCCn2ccnc2)c1. The van der Waals surface area contributed by atoms with Crippen molar-refractivity contribution >= 4 is 15.9 Å². The molecule has 2 rings (SSSR count). The van der Waals surface area contributed by atoms with Crippen molar-refractivity contribution in [1.29, 1.82) is 0 Å². The van der Waals surface area contributed by atoms with E-state index < -0.39 is 0 Å². The molecule has 0 saturated carbocycles. The number of imidazole rings is 1. The molecule has 5 heteroatoms. The molecular weight excluding hydrogens is 287 g/mol. The predicted octanol–water partition coefficient (Wildman–Crippen LogP) is 3.25. The summed E-state index contributed by atoms with van der Waals surface area (Å²) in [6.45, 7) is 1.39. The van der Waals surface area contributed by atoms with Crippen molar-refractivity contribution < 1.29 is 9.13 Å². The highest BCUT2D eigenvalue weighted by molar-refractivity contribution is 9.10. The van der Waals surface area contributed by atoms with Gasteiger partial charge >= 0.3 is 0 Å². The Kier molecular flexibility index (Phi) is 4.14. The minimum absolute atomic E-state index is 0.302. The van der Waals surface area contributed by atoms with Crippen LogP contribution in [0.5, 0.6) is 5.75 Å². The number of hydrogen-bond acceptors (Lipinski definition) is 2. The number of benzene rings is 1. The molecule has 0 amide bonds. The maximum absolute atomic E-state index is 13.0. The maximum atomic E-state index is 13.0. The van der Waals surface area contributed by atoms with Gasteiger partial charge in [-0.2, -0.15) is 0 Å². The number of rotatable bonds is 5. The maximum Gasteiger partial charge on any atom is 0.128 e. The van der Waals surface area contributed by atoms with Gasteiger partial charge in [0.2, 0.25) is 0 Å². The van der Waals surface area contributed by atoms with Crippen LogP contribution in [0.25, 0.3) is 0 Å². The fourth-order valence-electron chi connectivity index (χ4n) is 1.47. The Morgan fingerprint density at radius 3 is 2.94 bits per heavy atom. The van der Waals surface area contributed by atoms with Gasteiger partial charge in [-0.3, -0.25) is 0 Å². The monoisotopic (exact) mass is 298 g/mol. The molecule has 1 heterocycles. The molecule has 3 nitrogen and oxygen atoms in total. The van der Waals surface area contributed by atoms with Crippen LogP contribution in [0.4, 0.5) is 4.39 Å². The molecule has 0 spiro atoms. The minimum Gasteiger partial charge on any atom is -0.493 e. The summed E-state index contributed by atoms with van der Waals surface area (Å²) in [7, 11) is 0. The molecule has 1 aromatic heterocycles. The molecule has 0 radical (unpaired) electrons. The van der Waals surface area contributed by atoms with Crippen molar-refractivity contribution in [2.24, 2.45) is 0 Å². The smallest absolute Gasteiger partial charge is 0.128 e. The molecular formula is C12H12BrFN2O. The molecule has 0 aliphatic carbocycles. The quantitative estimate of drug-likeness (QED) is 0.792. The largest absolute Gasteiger partial charge is 0.493 e. The molecule has 0 unspecified atom stereocenters. The molecule has 0 aliphatic rings. The summed E-state index contributed by atoms with van der Waals surface area (Å²) >= 11 is 3.22. The topological polar surface area (TPSA) is 27.1 Å². The van der Waals surface area contributed by atoms with Crippen LogP contribution >= 0.6 is 15.9 Å². The van der Waals surface area contributed by atoms with E-state index in [2.05, 4.69) is 20.9 Å². The van der Waals surface area contributed by atoms with Crippen LogP contribution < -0.4 is 4.74 Å². The summed E-state index contributed by atoms with van der Waals surface area (Å²) in [6, 6.07) is 4.53. The average Bonchev–Trinajstić information content (AvgIpc) is 2.76. The van der Waals surface area contributed by atoms with E-state index in [1.54, 1.807) is 18.6 Å². The van der Waals surface area contributed by atoms with Crippen molar-refractivity contribution in [2.45, 2.75) is 13.0 Å². The second-order valence-corrected chi connectivity index (χ2v) is 4.52. The van der Waals surface area contributed by atoms with Gasteiger partial charge in [-0.05, 0) is 18.6 Å². The van der Waals surface area contributed by atoms with Crippen LogP contribution in [-0.4, -0.2) is 16.2 Å². The summed E-state index contributed by atoms with van der Waals surface area (Å²) in [5.41, 5.74) is 0. The molecule has 0 aliphatic heterocycles. The van der Waals surface area contributed by atoms with Gasteiger partial charge in [-0.25, -0.2) is 9.37 Å². The molecule has 0 saturated heterocycles. The zero-order valence-electron chi connectivity index (χ0n) is 9.14. The van der Waals surface area contributed by atoms with Gasteiger partial charge in [-0.15, -0.1) is 0 Å². The second-order valence-electron chi connectivity index (χ2n) is 3.61. The Morgan fingerprint density at radius 2 is 2.24 bits per heavy atom. The Hall–Kier alpha value is -1.36. The van der Waals surface area contributed by atoms with Crippen LogP contribution in [-0.2, 0) is 6.54 Å². The van der Waals surface area contributed by atoms with Crippen LogP contribution in [0.15, 0.2) is 41.4 Å². The zero-order chi connectivity index (χ0) is 12.1. The van der Waals surface area contributed by atoms with E-state index in [4.69, 9.17) is 4.74 Å². The third kappa shape index (κ3) is 3.85. The molecule has 2 aromatic rings. The Bertz CT molecular complexity index is 453. The van der Waals surface area contributed by atoms with Gasteiger partial charge in [0, 0.05) is 29.5 Å². The Labute approximate surface area is 107 Å². The van der Waals surface area contributed by atoms with Gasteiger partial charge in [0.1, 0.15) is 11.6 Å². The van der Waals surface area contributed by atoms with Crippen molar-refractivity contribution in [1.82, 2.24) is 9.55 Å². The van der Waals surface area contributed by atoms with Gasteiger partial charge in [0.05, 0.1) is 12.9 Å². The molecule has 17 heavy (non-hydrogen) atoms. The number of aromatic nitrogens is 2. The van der Waals surface area contributed by atoms with Crippen LogP contribution in [0.3, 0.4) is 0 Å². The Morgan fingerprint density at radius 1 is 1.35 bits per heavy atom. The van der Waals surface area contributed by atoms with Gasteiger partial charge in [0.25, 0.3) is 0 Å².